The van der Waals surface area contributed by atoms with Crippen LogP contribution in [0.2, 0.25) is 0 Å². The van der Waals surface area contributed by atoms with E-state index in [9.17, 15) is 4.79 Å². The third kappa shape index (κ3) is 3.09. The lowest BCUT2D eigenvalue weighted by molar-refractivity contribution is 0.250. The molecule has 152 valence electrons. The number of rotatable bonds is 3. The molecule has 0 saturated carbocycles. The standard InChI is InChI=1S/C23H22N4O2S/c28-21-12-17(19-10-15-2-1-3-16(15)11-20(19)29-21)13-26-5-7-27(8-6-26)22-18-4-9-30-23(18)25-14-24-22/h4,9-12,14H,1-3,5-8,13H2. The van der Waals surface area contributed by atoms with Gasteiger partial charge in [-0.05, 0) is 59.5 Å². The number of anilines is 1. The van der Waals surface area contributed by atoms with Crippen LogP contribution in [0.15, 0.2) is 45.2 Å². The summed E-state index contributed by atoms with van der Waals surface area (Å²) in [6.07, 6.45) is 5.06. The molecule has 0 spiro atoms. The number of thiophene rings is 1. The molecule has 7 heteroatoms. The van der Waals surface area contributed by atoms with Gasteiger partial charge in [-0.2, -0.15) is 0 Å². The Kier molecular flexibility index (Phi) is 4.32. The van der Waals surface area contributed by atoms with Gasteiger partial charge in [0.2, 0.25) is 0 Å². The largest absolute Gasteiger partial charge is 0.423 e. The topological polar surface area (TPSA) is 62.5 Å². The molecule has 1 fully saturated rings. The number of fused-ring (bicyclic) bond motifs is 3. The molecule has 4 aromatic rings. The molecule has 1 aliphatic heterocycles. The van der Waals surface area contributed by atoms with E-state index in [4.69, 9.17) is 4.42 Å². The van der Waals surface area contributed by atoms with Crippen molar-refractivity contribution >= 4 is 38.3 Å². The second-order valence-electron chi connectivity index (χ2n) is 8.16. The average Bonchev–Trinajstić information content (AvgIpc) is 3.41. The first kappa shape index (κ1) is 18.0. The number of hydrogen-bond acceptors (Lipinski definition) is 7. The molecule has 6 nitrogen and oxygen atoms in total. The number of benzene rings is 1. The lowest BCUT2D eigenvalue weighted by atomic mass is 10.0. The van der Waals surface area contributed by atoms with Crippen molar-refractivity contribution in [2.24, 2.45) is 0 Å². The third-order valence-electron chi connectivity index (χ3n) is 6.35. The van der Waals surface area contributed by atoms with Gasteiger partial charge < -0.3 is 9.32 Å². The fraction of sp³-hybridized carbons (Fsp3) is 0.348. The first-order valence-corrected chi connectivity index (χ1v) is 11.4. The number of hydrogen-bond donors (Lipinski definition) is 0. The zero-order chi connectivity index (χ0) is 20.1. The van der Waals surface area contributed by atoms with E-state index >= 15 is 0 Å². The summed E-state index contributed by atoms with van der Waals surface area (Å²) in [5, 5.41) is 4.30. The van der Waals surface area contributed by atoms with Crippen LogP contribution < -0.4 is 10.5 Å². The Morgan fingerprint density at radius 3 is 2.70 bits per heavy atom. The molecule has 1 aromatic carbocycles. The molecule has 0 atom stereocenters. The van der Waals surface area contributed by atoms with Crippen molar-refractivity contribution in [3.05, 3.63) is 63.1 Å². The lowest BCUT2D eigenvalue weighted by Gasteiger charge is -2.35. The van der Waals surface area contributed by atoms with Crippen LogP contribution in [-0.4, -0.2) is 41.0 Å². The van der Waals surface area contributed by atoms with Crippen LogP contribution in [0, 0.1) is 0 Å². The van der Waals surface area contributed by atoms with Crippen molar-refractivity contribution in [2.75, 3.05) is 31.1 Å². The molecule has 1 saturated heterocycles. The summed E-state index contributed by atoms with van der Waals surface area (Å²) in [6, 6.07) is 8.12. The van der Waals surface area contributed by atoms with E-state index in [-0.39, 0.29) is 5.63 Å². The molecule has 3 aromatic heterocycles. The highest BCUT2D eigenvalue weighted by Gasteiger charge is 2.22. The van der Waals surface area contributed by atoms with Gasteiger partial charge in [-0.3, -0.25) is 4.90 Å². The van der Waals surface area contributed by atoms with Crippen LogP contribution in [0.1, 0.15) is 23.1 Å². The molecule has 0 bridgehead atoms. The van der Waals surface area contributed by atoms with Crippen molar-refractivity contribution < 1.29 is 4.42 Å². The summed E-state index contributed by atoms with van der Waals surface area (Å²) in [6.45, 7) is 4.46. The van der Waals surface area contributed by atoms with Crippen molar-refractivity contribution in [1.82, 2.24) is 14.9 Å². The van der Waals surface area contributed by atoms with Crippen LogP contribution >= 0.6 is 11.3 Å². The quantitative estimate of drug-likeness (QED) is 0.474. The van der Waals surface area contributed by atoms with Gasteiger partial charge in [-0.15, -0.1) is 11.3 Å². The molecule has 2 aliphatic rings. The van der Waals surface area contributed by atoms with Gasteiger partial charge in [0.1, 0.15) is 22.6 Å². The molecule has 0 unspecified atom stereocenters. The maximum atomic E-state index is 12.2. The van der Waals surface area contributed by atoms with Gasteiger partial charge in [0, 0.05) is 44.2 Å². The summed E-state index contributed by atoms with van der Waals surface area (Å²) in [4.78, 5) is 26.9. The minimum Gasteiger partial charge on any atom is -0.423 e. The number of piperazine rings is 1. The first-order valence-electron chi connectivity index (χ1n) is 10.5. The normalized spacial score (nSPS) is 17.1. The molecule has 0 radical (unpaired) electrons. The molecule has 1 aliphatic carbocycles. The van der Waals surface area contributed by atoms with Crippen molar-refractivity contribution in [1.29, 1.82) is 0 Å². The lowest BCUT2D eigenvalue weighted by Crippen LogP contribution is -2.46. The zero-order valence-corrected chi connectivity index (χ0v) is 17.5. The Morgan fingerprint density at radius 2 is 1.83 bits per heavy atom. The van der Waals surface area contributed by atoms with E-state index in [1.807, 2.05) is 0 Å². The Morgan fingerprint density at radius 1 is 1.00 bits per heavy atom. The Balaban J connectivity index is 1.24. The smallest absolute Gasteiger partial charge is 0.336 e. The zero-order valence-electron chi connectivity index (χ0n) is 16.6. The summed E-state index contributed by atoms with van der Waals surface area (Å²) in [5.74, 6) is 1.03. The maximum absolute atomic E-state index is 12.2. The van der Waals surface area contributed by atoms with Crippen LogP contribution in [-0.2, 0) is 19.4 Å². The highest BCUT2D eigenvalue weighted by molar-refractivity contribution is 7.16. The minimum absolute atomic E-state index is 0.255. The molecule has 30 heavy (non-hydrogen) atoms. The molecule has 6 rings (SSSR count). The van der Waals surface area contributed by atoms with Crippen LogP contribution in [0.5, 0.6) is 0 Å². The summed E-state index contributed by atoms with van der Waals surface area (Å²) >= 11 is 1.65. The monoisotopic (exact) mass is 418 g/mol. The van der Waals surface area contributed by atoms with Crippen LogP contribution in [0.25, 0.3) is 21.2 Å². The molecular formula is C23H22N4O2S. The van der Waals surface area contributed by atoms with Gasteiger partial charge in [-0.1, -0.05) is 0 Å². The van der Waals surface area contributed by atoms with Crippen LogP contribution in [0.3, 0.4) is 0 Å². The fourth-order valence-electron chi connectivity index (χ4n) is 4.81. The molecule has 0 amide bonds. The van der Waals surface area contributed by atoms with Crippen molar-refractivity contribution in [3.8, 4) is 0 Å². The SMILES string of the molecule is O=c1cc(CN2CCN(c3ncnc4sccc34)CC2)c2cc3c(cc2o1)CCC3. The third-order valence-corrected chi connectivity index (χ3v) is 7.17. The van der Waals surface area contributed by atoms with E-state index in [0.717, 1.165) is 78.1 Å². The van der Waals surface area contributed by atoms with Crippen LogP contribution in [0.4, 0.5) is 5.82 Å². The summed E-state index contributed by atoms with van der Waals surface area (Å²) in [7, 11) is 0. The predicted octanol–water partition coefficient (Wildman–Crippen LogP) is 3.61. The highest BCUT2D eigenvalue weighted by atomic mass is 32.1. The second kappa shape index (κ2) is 7.18. The van der Waals surface area contributed by atoms with E-state index in [1.54, 1.807) is 23.7 Å². The van der Waals surface area contributed by atoms with E-state index < -0.39 is 0 Å². The van der Waals surface area contributed by atoms with E-state index in [2.05, 4.69) is 43.3 Å². The van der Waals surface area contributed by atoms with Gasteiger partial charge >= 0.3 is 5.63 Å². The van der Waals surface area contributed by atoms with Crippen molar-refractivity contribution in [3.63, 3.8) is 0 Å². The van der Waals surface area contributed by atoms with Gasteiger partial charge in [-0.25, -0.2) is 14.8 Å². The summed E-state index contributed by atoms with van der Waals surface area (Å²) < 4.78 is 5.53. The number of aryl methyl sites for hydroxylation is 2. The van der Waals surface area contributed by atoms with Crippen molar-refractivity contribution in [2.45, 2.75) is 25.8 Å². The fourth-order valence-corrected chi connectivity index (χ4v) is 5.54. The van der Waals surface area contributed by atoms with E-state index in [0.29, 0.717) is 0 Å². The minimum atomic E-state index is -0.255. The van der Waals surface area contributed by atoms with E-state index in [1.165, 1.54) is 17.5 Å². The highest BCUT2D eigenvalue weighted by Crippen LogP contribution is 2.30. The predicted molar refractivity (Wildman–Crippen MR) is 119 cm³/mol. The number of nitrogens with zero attached hydrogens (tertiary/aromatic N) is 4. The first-order chi connectivity index (χ1) is 14.7. The van der Waals surface area contributed by atoms with Gasteiger partial charge in [0.05, 0.1) is 5.39 Å². The molecule has 4 heterocycles. The Labute approximate surface area is 177 Å². The molecular weight excluding hydrogens is 396 g/mol. The Bertz CT molecular complexity index is 1300. The maximum Gasteiger partial charge on any atom is 0.336 e. The van der Waals surface area contributed by atoms with Gasteiger partial charge in [0.25, 0.3) is 0 Å². The number of aromatic nitrogens is 2. The Hall–Kier alpha value is -2.77. The summed E-state index contributed by atoms with van der Waals surface area (Å²) in [5.41, 5.74) is 4.30. The average molecular weight is 419 g/mol. The van der Waals surface area contributed by atoms with Gasteiger partial charge in [0.15, 0.2) is 0 Å². The second-order valence-corrected chi connectivity index (χ2v) is 9.06. The molecule has 0 N–H and O–H groups in total.